The number of rotatable bonds is 10. The molecule has 2 aromatic rings. The fraction of sp³-hybridized carbons (Fsp3) is 0.407. The van der Waals surface area contributed by atoms with Crippen molar-refractivity contribution in [2.45, 2.75) is 46.6 Å². The third-order valence-electron chi connectivity index (χ3n) is 4.39. The number of nitrogens with zero attached hydrogens (tertiary/aromatic N) is 1. The molecule has 0 aliphatic carbocycles. The van der Waals surface area contributed by atoms with Crippen molar-refractivity contribution in [2.24, 2.45) is 5.41 Å². The second-order valence-electron chi connectivity index (χ2n) is 8.56. The van der Waals surface area contributed by atoms with Gasteiger partial charge in [0.2, 0.25) is 0 Å². The zero-order valence-electron chi connectivity index (χ0n) is 18.4. The summed E-state index contributed by atoms with van der Waals surface area (Å²) in [5.41, 5.74) is 2.72. The van der Waals surface area contributed by atoms with Gasteiger partial charge in [0.05, 0.1) is 6.61 Å². The maximum atomic E-state index is 5.96. The van der Waals surface area contributed by atoms with E-state index in [2.05, 4.69) is 99.2 Å². The summed E-state index contributed by atoms with van der Waals surface area (Å²) in [5, 5.41) is 0. The van der Waals surface area contributed by atoms with Crippen LogP contribution in [0.25, 0.3) is 0 Å². The van der Waals surface area contributed by atoms with Crippen molar-refractivity contribution in [1.29, 1.82) is 0 Å². The van der Waals surface area contributed by atoms with Crippen molar-refractivity contribution < 1.29 is 4.74 Å². The molecule has 2 rings (SSSR count). The molecule has 29 heavy (non-hydrogen) atoms. The molecule has 0 aromatic heterocycles. The zero-order valence-corrected chi connectivity index (χ0v) is 18.4. The molecule has 2 aromatic carbocycles. The SMILES string of the molecule is CN(CC=CC#CC(C)(C)C)Cc1cccc(OCCCCc2ccccc2)c1. The number of hydrogen-bond donors (Lipinski definition) is 0. The van der Waals surface area contributed by atoms with Crippen LogP contribution in [-0.2, 0) is 13.0 Å². The van der Waals surface area contributed by atoms with Crippen LogP contribution in [-0.4, -0.2) is 25.1 Å². The number of aryl methyl sites for hydroxylation is 1. The van der Waals surface area contributed by atoms with Gasteiger partial charge in [-0.15, -0.1) is 0 Å². The van der Waals surface area contributed by atoms with Crippen LogP contribution >= 0.6 is 0 Å². The summed E-state index contributed by atoms with van der Waals surface area (Å²) in [6, 6.07) is 19.1. The first-order valence-corrected chi connectivity index (χ1v) is 10.5. The molecule has 0 bridgehead atoms. The summed E-state index contributed by atoms with van der Waals surface area (Å²) < 4.78 is 5.96. The van der Waals surface area contributed by atoms with E-state index < -0.39 is 0 Å². The molecule has 2 heteroatoms. The van der Waals surface area contributed by atoms with Gasteiger partial charge in [-0.2, -0.15) is 0 Å². The molecule has 154 valence electrons. The smallest absolute Gasteiger partial charge is 0.119 e. The molecule has 0 unspecified atom stereocenters. The molecule has 0 aliphatic heterocycles. The van der Waals surface area contributed by atoms with Crippen LogP contribution in [0.3, 0.4) is 0 Å². The number of hydrogen-bond acceptors (Lipinski definition) is 2. The zero-order chi connectivity index (χ0) is 21.0. The highest BCUT2D eigenvalue weighted by molar-refractivity contribution is 5.28. The van der Waals surface area contributed by atoms with Crippen LogP contribution < -0.4 is 4.74 Å². The topological polar surface area (TPSA) is 12.5 Å². The van der Waals surface area contributed by atoms with Gasteiger partial charge in [-0.25, -0.2) is 0 Å². The number of allylic oxidation sites excluding steroid dienone is 1. The second kappa shape index (κ2) is 12.1. The first-order chi connectivity index (χ1) is 13.9. The minimum Gasteiger partial charge on any atom is -0.494 e. The minimum atomic E-state index is 0.0538. The normalized spacial score (nSPS) is 11.5. The Morgan fingerprint density at radius 2 is 1.72 bits per heavy atom. The Kier molecular flexibility index (Phi) is 9.54. The number of likely N-dealkylation sites (N-methyl/N-ethyl adjacent to an activating group) is 1. The van der Waals surface area contributed by atoms with Crippen LogP contribution in [0.1, 0.15) is 44.7 Å². The van der Waals surface area contributed by atoms with Crippen molar-refractivity contribution in [3.8, 4) is 17.6 Å². The second-order valence-corrected chi connectivity index (χ2v) is 8.56. The average Bonchev–Trinajstić information content (AvgIpc) is 2.68. The van der Waals surface area contributed by atoms with Gasteiger partial charge in [-0.1, -0.05) is 60.4 Å². The van der Waals surface area contributed by atoms with Crippen LogP contribution in [0.5, 0.6) is 5.75 Å². The predicted octanol–water partition coefficient (Wildman–Crippen LogP) is 6.13. The van der Waals surface area contributed by atoms with E-state index in [9.17, 15) is 0 Å². The Bertz CT molecular complexity index is 806. The summed E-state index contributed by atoms with van der Waals surface area (Å²) in [6.07, 6.45) is 7.40. The van der Waals surface area contributed by atoms with E-state index in [1.165, 1.54) is 11.1 Å². The Labute approximate surface area is 177 Å². The lowest BCUT2D eigenvalue weighted by Gasteiger charge is -2.15. The third-order valence-corrected chi connectivity index (χ3v) is 4.39. The molecule has 0 radical (unpaired) electrons. The first-order valence-electron chi connectivity index (χ1n) is 10.5. The molecule has 0 fully saturated rings. The molecule has 0 spiro atoms. The standard InChI is InChI=1S/C27H35NO/c1-27(2,3)19-10-6-11-20-28(4)23-25-17-13-18-26(22-25)29-21-12-9-16-24-14-7-5-8-15-24/h5-8,11,13-15,17-18,22H,9,12,16,20-21,23H2,1-4H3. The molecule has 0 heterocycles. The van der Waals surface area contributed by atoms with Crippen molar-refractivity contribution in [3.05, 3.63) is 77.9 Å². The molecule has 2 nitrogen and oxygen atoms in total. The van der Waals surface area contributed by atoms with Crippen LogP contribution in [0.2, 0.25) is 0 Å². The molecular formula is C27H35NO. The monoisotopic (exact) mass is 389 g/mol. The summed E-state index contributed by atoms with van der Waals surface area (Å²) in [4.78, 5) is 2.27. The minimum absolute atomic E-state index is 0.0538. The predicted molar refractivity (Wildman–Crippen MR) is 124 cm³/mol. The molecular weight excluding hydrogens is 354 g/mol. The van der Waals surface area contributed by atoms with E-state index >= 15 is 0 Å². The van der Waals surface area contributed by atoms with Gasteiger partial charge in [0, 0.05) is 18.5 Å². The Morgan fingerprint density at radius 1 is 0.966 bits per heavy atom. The summed E-state index contributed by atoms with van der Waals surface area (Å²) in [7, 11) is 2.12. The summed E-state index contributed by atoms with van der Waals surface area (Å²) in [5.74, 6) is 7.30. The fourth-order valence-electron chi connectivity index (χ4n) is 2.93. The van der Waals surface area contributed by atoms with E-state index in [0.29, 0.717) is 0 Å². The van der Waals surface area contributed by atoms with Crippen LogP contribution in [0.15, 0.2) is 66.7 Å². The van der Waals surface area contributed by atoms with Crippen molar-refractivity contribution in [1.82, 2.24) is 4.90 Å². The number of benzene rings is 2. The van der Waals surface area contributed by atoms with E-state index in [0.717, 1.165) is 44.7 Å². The Hall–Kier alpha value is -2.50. The average molecular weight is 390 g/mol. The maximum Gasteiger partial charge on any atom is 0.119 e. The highest BCUT2D eigenvalue weighted by Gasteiger charge is 2.03. The van der Waals surface area contributed by atoms with E-state index in [-0.39, 0.29) is 5.41 Å². The lowest BCUT2D eigenvalue weighted by atomic mass is 9.98. The quantitative estimate of drug-likeness (QED) is 0.358. The molecule has 0 amide bonds. The summed E-state index contributed by atoms with van der Waals surface area (Å²) >= 11 is 0. The first kappa shape index (κ1) is 22.8. The van der Waals surface area contributed by atoms with Gasteiger partial charge in [-0.3, -0.25) is 4.90 Å². The van der Waals surface area contributed by atoms with Crippen LogP contribution in [0, 0.1) is 17.3 Å². The highest BCUT2D eigenvalue weighted by atomic mass is 16.5. The lowest BCUT2D eigenvalue weighted by Crippen LogP contribution is -2.17. The molecule has 0 saturated heterocycles. The van der Waals surface area contributed by atoms with Crippen LogP contribution in [0.4, 0.5) is 0 Å². The van der Waals surface area contributed by atoms with Gasteiger partial charge in [0.15, 0.2) is 0 Å². The van der Waals surface area contributed by atoms with Gasteiger partial charge in [-0.05, 0) is 76.4 Å². The Morgan fingerprint density at radius 3 is 2.48 bits per heavy atom. The third kappa shape index (κ3) is 10.6. The van der Waals surface area contributed by atoms with E-state index in [4.69, 9.17) is 4.74 Å². The largest absolute Gasteiger partial charge is 0.494 e. The fourth-order valence-corrected chi connectivity index (χ4v) is 2.93. The lowest BCUT2D eigenvalue weighted by molar-refractivity contribution is 0.305. The van der Waals surface area contributed by atoms with E-state index in [1.54, 1.807) is 0 Å². The Balaban J connectivity index is 1.69. The van der Waals surface area contributed by atoms with Gasteiger partial charge < -0.3 is 4.74 Å². The molecule has 0 aliphatic rings. The van der Waals surface area contributed by atoms with Crippen molar-refractivity contribution >= 4 is 0 Å². The van der Waals surface area contributed by atoms with Crippen molar-refractivity contribution in [2.75, 3.05) is 20.2 Å². The molecule has 0 saturated carbocycles. The highest BCUT2D eigenvalue weighted by Crippen LogP contribution is 2.15. The molecule has 0 atom stereocenters. The maximum absolute atomic E-state index is 5.96. The number of ether oxygens (including phenoxy) is 1. The number of unbranched alkanes of at least 4 members (excludes halogenated alkanes) is 1. The van der Waals surface area contributed by atoms with Gasteiger partial charge in [0.1, 0.15) is 5.75 Å². The molecule has 0 N–H and O–H groups in total. The van der Waals surface area contributed by atoms with Gasteiger partial charge >= 0.3 is 0 Å². The van der Waals surface area contributed by atoms with Gasteiger partial charge in [0.25, 0.3) is 0 Å². The summed E-state index contributed by atoms with van der Waals surface area (Å²) in [6.45, 7) is 8.90. The van der Waals surface area contributed by atoms with E-state index in [1.807, 2.05) is 12.1 Å². The van der Waals surface area contributed by atoms with Crippen molar-refractivity contribution in [3.63, 3.8) is 0 Å².